The van der Waals surface area contributed by atoms with E-state index in [0.717, 1.165) is 23.1 Å². The molecule has 0 fully saturated rings. The first-order valence-electron chi connectivity index (χ1n) is 9.44. The van der Waals surface area contributed by atoms with Gasteiger partial charge in [0.2, 0.25) is 0 Å². The highest BCUT2D eigenvalue weighted by Crippen LogP contribution is 2.44. The van der Waals surface area contributed by atoms with Gasteiger partial charge >= 0.3 is 0 Å². The number of hydrogen-bond donors (Lipinski definition) is 3. The van der Waals surface area contributed by atoms with E-state index in [1.54, 1.807) is 11.0 Å². The molecule has 1 amide bonds. The van der Waals surface area contributed by atoms with Crippen LogP contribution in [0.5, 0.6) is 5.75 Å². The number of phenolic OH excluding ortho intramolecular Hbond substituents is 1. The Labute approximate surface area is 163 Å². The van der Waals surface area contributed by atoms with Crippen LogP contribution in [0.3, 0.4) is 0 Å². The Morgan fingerprint density at radius 1 is 1.18 bits per heavy atom. The van der Waals surface area contributed by atoms with Crippen LogP contribution in [0, 0.1) is 6.92 Å². The van der Waals surface area contributed by atoms with E-state index in [-0.39, 0.29) is 30.9 Å². The van der Waals surface area contributed by atoms with E-state index >= 15 is 0 Å². The van der Waals surface area contributed by atoms with Crippen LogP contribution in [0.25, 0.3) is 11.3 Å². The van der Waals surface area contributed by atoms with Gasteiger partial charge in [-0.3, -0.25) is 9.89 Å². The number of aromatic amines is 1. The van der Waals surface area contributed by atoms with E-state index in [1.807, 2.05) is 31.2 Å². The van der Waals surface area contributed by atoms with Gasteiger partial charge in [0.25, 0.3) is 5.91 Å². The van der Waals surface area contributed by atoms with Gasteiger partial charge in [0.15, 0.2) is 0 Å². The Bertz CT molecular complexity index is 1020. The van der Waals surface area contributed by atoms with E-state index in [4.69, 9.17) is 0 Å². The lowest BCUT2D eigenvalue weighted by molar-refractivity contribution is 0.0706. The van der Waals surface area contributed by atoms with E-state index in [1.165, 1.54) is 5.56 Å². The number of nitrogens with one attached hydrogen (secondary N) is 1. The Balaban J connectivity index is 1.90. The SMILES string of the molecule is CCc1ccc([C@H]2c3c(-c4cc(C)ccc4O)n[nH]c3C(=O)N2CCO)cc1. The monoisotopic (exact) mass is 377 g/mol. The molecule has 0 bridgehead atoms. The molecule has 1 aromatic heterocycles. The Hall–Kier alpha value is -3.12. The number of phenols is 1. The average molecular weight is 377 g/mol. The first-order valence-corrected chi connectivity index (χ1v) is 9.44. The van der Waals surface area contributed by atoms with Gasteiger partial charge in [0, 0.05) is 17.7 Å². The third-order valence-corrected chi connectivity index (χ3v) is 5.32. The maximum absolute atomic E-state index is 13.0. The number of β-amino-alcohol motifs (C(OH)–C–C–N with tert-alkyl or cyclic N) is 1. The van der Waals surface area contributed by atoms with Gasteiger partial charge in [-0.05, 0) is 36.6 Å². The van der Waals surface area contributed by atoms with Crippen LogP contribution in [0.1, 0.15) is 45.7 Å². The fourth-order valence-electron chi connectivity index (χ4n) is 3.86. The predicted molar refractivity (Wildman–Crippen MR) is 106 cm³/mol. The highest BCUT2D eigenvalue weighted by molar-refractivity contribution is 6.00. The number of aliphatic hydroxyl groups excluding tert-OH is 1. The van der Waals surface area contributed by atoms with Crippen LogP contribution in [0.15, 0.2) is 42.5 Å². The molecule has 144 valence electrons. The maximum atomic E-state index is 13.0. The van der Waals surface area contributed by atoms with Gasteiger partial charge < -0.3 is 15.1 Å². The number of amides is 1. The molecule has 0 unspecified atom stereocenters. The van der Waals surface area contributed by atoms with Gasteiger partial charge in [0.1, 0.15) is 17.1 Å². The summed E-state index contributed by atoms with van der Waals surface area (Å²) < 4.78 is 0. The molecule has 4 rings (SSSR count). The largest absolute Gasteiger partial charge is 0.507 e. The summed E-state index contributed by atoms with van der Waals surface area (Å²) in [6.07, 6.45) is 0.934. The normalized spacial score (nSPS) is 15.9. The number of carbonyl (C=O) groups excluding carboxylic acids is 1. The third-order valence-electron chi connectivity index (χ3n) is 5.32. The fraction of sp³-hybridized carbons (Fsp3) is 0.273. The number of carbonyl (C=O) groups is 1. The summed E-state index contributed by atoms with van der Waals surface area (Å²) >= 11 is 0. The smallest absolute Gasteiger partial charge is 0.273 e. The number of benzene rings is 2. The third kappa shape index (κ3) is 2.86. The van der Waals surface area contributed by atoms with Gasteiger partial charge in [-0.2, -0.15) is 5.10 Å². The molecule has 28 heavy (non-hydrogen) atoms. The zero-order valence-corrected chi connectivity index (χ0v) is 15.9. The number of nitrogens with zero attached hydrogens (tertiary/aromatic N) is 2. The first kappa shape index (κ1) is 18.3. The molecule has 2 heterocycles. The van der Waals surface area contributed by atoms with Crippen molar-refractivity contribution in [2.45, 2.75) is 26.3 Å². The lowest BCUT2D eigenvalue weighted by Crippen LogP contribution is -2.32. The summed E-state index contributed by atoms with van der Waals surface area (Å²) in [6, 6.07) is 13.1. The van der Waals surface area contributed by atoms with Crippen molar-refractivity contribution in [1.82, 2.24) is 15.1 Å². The van der Waals surface area contributed by atoms with Crippen LogP contribution in [-0.2, 0) is 6.42 Å². The lowest BCUT2D eigenvalue weighted by atomic mass is 9.94. The molecule has 3 N–H and O–H groups in total. The summed E-state index contributed by atoms with van der Waals surface area (Å²) in [5.74, 6) is -0.0763. The van der Waals surface area contributed by atoms with E-state index in [2.05, 4.69) is 29.3 Å². The van der Waals surface area contributed by atoms with Gasteiger partial charge in [-0.25, -0.2) is 0 Å². The lowest BCUT2D eigenvalue weighted by Gasteiger charge is -2.26. The molecule has 1 aliphatic rings. The van der Waals surface area contributed by atoms with Crippen molar-refractivity contribution in [3.8, 4) is 17.0 Å². The number of aromatic hydroxyl groups is 1. The van der Waals surface area contributed by atoms with Crippen molar-refractivity contribution in [3.05, 3.63) is 70.4 Å². The Morgan fingerprint density at radius 2 is 1.93 bits per heavy atom. The zero-order chi connectivity index (χ0) is 19.8. The average Bonchev–Trinajstić information content (AvgIpc) is 3.24. The van der Waals surface area contributed by atoms with Gasteiger partial charge in [0.05, 0.1) is 12.6 Å². The number of aromatic nitrogens is 2. The van der Waals surface area contributed by atoms with Crippen LogP contribution in [0.4, 0.5) is 0 Å². The van der Waals surface area contributed by atoms with Crippen LogP contribution >= 0.6 is 0 Å². The fourth-order valence-corrected chi connectivity index (χ4v) is 3.86. The maximum Gasteiger partial charge on any atom is 0.273 e. The summed E-state index contributed by atoms with van der Waals surface area (Å²) in [7, 11) is 0. The van der Waals surface area contributed by atoms with Crippen molar-refractivity contribution in [2.24, 2.45) is 0 Å². The molecule has 0 saturated carbocycles. The van der Waals surface area contributed by atoms with Crippen LogP contribution in [0.2, 0.25) is 0 Å². The van der Waals surface area contributed by atoms with Crippen LogP contribution in [-0.4, -0.2) is 44.4 Å². The van der Waals surface area contributed by atoms with Gasteiger partial charge in [-0.15, -0.1) is 0 Å². The topological polar surface area (TPSA) is 89.5 Å². The summed E-state index contributed by atoms with van der Waals surface area (Å²) in [5, 5.41) is 27.1. The second kappa shape index (κ2) is 7.13. The van der Waals surface area contributed by atoms with Crippen LogP contribution < -0.4 is 0 Å². The van der Waals surface area contributed by atoms with Crippen molar-refractivity contribution in [2.75, 3.05) is 13.2 Å². The number of aliphatic hydroxyl groups is 1. The summed E-state index contributed by atoms with van der Waals surface area (Å²) in [6.45, 7) is 4.14. The zero-order valence-electron chi connectivity index (χ0n) is 15.9. The van der Waals surface area contributed by atoms with Crippen molar-refractivity contribution < 1.29 is 15.0 Å². The van der Waals surface area contributed by atoms with E-state index < -0.39 is 0 Å². The van der Waals surface area contributed by atoms with E-state index in [0.29, 0.717) is 17.0 Å². The first-order chi connectivity index (χ1) is 13.5. The minimum Gasteiger partial charge on any atom is -0.507 e. The second-order valence-electron chi connectivity index (χ2n) is 7.10. The second-order valence-corrected chi connectivity index (χ2v) is 7.10. The molecule has 6 nitrogen and oxygen atoms in total. The summed E-state index contributed by atoms with van der Waals surface area (Å²) in [5.41, 5.74) is 5.46. The van der Waals surface area contributed by atoms with Crippen molar-refractivity contribution >= 4 is 5.91 Å². The molecule has 0 radical (unpaired) electrons. The number of rotatable bonds is 5. The minimum absolute atomic E-state index is 0.119. The molecule has 1 aliphatic heterocycles. The molecule has 2 aromatic carbocycles. The van der Waals surface area contributed by atoms with Crippen molar-refractivity contribution in [1.29, 1.82) is 0 Å². The number of hydrogen-bond acceptors (Lipinski definition) is 4. The standard InChI is InChI=1S/C22H23N3O3/c1-3-14-5-7-15(8-6-14)21-18-19(16-12-13(2)4-9-17(16)27)23-24-20(18)22(28)25(21)10-11-26/h4-9,12,21,26-27H,3,10-11H2,1-2H3,(H,23,24)/t21-/m0/s1. The number of H-pyrrole nitrogens is 1. The highest BCUT2D eigenvalue weighted by Gasteiger charge is 2.42. The summed E-state index contributed by atoms with van der Waals surface area (Å²) in [4.78, 5) is 14.6. The number of fused-ring (bicyclic) bond motifs is 1. The Morgan fingerprint density at radius 3 is 2.61 bits per heavy atom. The predicted octanol–water partition coefficient (Wildman–Crippen LogP) is 3.19. The molecule has 0 spiro atoms. The number of aryl methyl sites for hydroxylation is 2. The molecular weight excluding hydrogens is 354 g/mol. The molecule has 6 heteroatoms. The quantitative estimate of drug-likeness (QED) is 0.637. The van der Waals surface area contributed by atoms with E-state index in [9.17, 15) is 15.0 Å². The molecular formula is C22H23N3O3. The molecule has 3 aromatic rings. The highest BCUT2D eigenvalue weighted by atomic mass is 16.3. The van der Waals surface area contributed by atoms with Crippen molar-refractivity contribution in [3.63, 3.8) is 0 Å². The molecule has 0 aliphatic carbocycles. The molecule has 0 saturated heterocycles. The Kier molecular flexibility index (Phi) is 4.65. The molecule has 1 atom stereocenters. The van der Waals surface area contributed by atoms with Gasteiger partial charge in [-0.1, -0.05) is 42.8 Å². The minimum atomic E-state index is -0.366.